The first-order chi connectivity index (χ1) is 9.47. The Morgan fingerprint density at radius 3 is 2.30 bits per heavy atom. The molecule has 0 radical (unpaired) electrons. The van der Waals surface area contributed by atoms with Crippen LogP contribution in [0.5, 0.6) is 0 Å². The Labute approximate surface area is 126 Å². The van der Waals surface area contributed by atoms with Crippen LogP contribution in [-0.2, 0) is 6.42 Å². The lowest BCUT2D eigenvalue weighted by atomic mass is 10.1. The first-order valence-electron chi connectivity index (χ1n) is 6.12. The number of hydrogen-bond acceptors (Lipinski definition) is 1. The van der Waals surface area contributed by atoms with Crippen LogP contribution in [0.25, 0.3) is 0 Å². The summed E-state index contributed by atoms with van der Waals surface area (Å²) in [5.41, 5.74) is 1.22. The molecule has 0 aliphatic rings. The first-order valence-corrected chi connectivity index (χ1v) is 6.87. The lowest BCUT2D eigenvalue weighted by Gasteiger charge is -2.16. The molecule has 0 heterocycles. The van der Waals surface area contributed by atoms with Gasteiger partial charge >= 0.3 is 0 Å². The van der Waals surface area contributed by atoms with Gasteiger partial charge in [0, 0.05) is 11.7 Å². The molecule has 2 rings (SSSR count). The predicted molar refractivity (Wildman–Crippen MR) is 79.6 cm³/mol. The van der Waals surface area contributed by atoms with Crippen molar-refractivity contribution in [3.63, 3.8) is 0 Å². The lowest BCUT2D eigenvalue weighted by Crippen LogP contribution is -2.18. The summed E-state index contributed by atoms with van der Waals surface area (Å²) in [5.74, 6) is -0.878. The van der Waals surface area contributed by atoms with Gasteiger partial charge in [0.15, 0.2) is 5.82 Å². The van der Waals surface area contributed by atoms with E-state index >= 15 is 0 Å². The molecular weight excluding hydrogens is 303 g/mol. The number of rotatable bonds is 4. The van der Waals surface area contributed by atoms with E-state index < -0.39 is 5.82 Å². The Balaban J connectivity index is 2.09. The van der Waals surface area contributed by atoms with Gasteiger partial charge in [-0.25, -0.2) is 8.78 Å². The summed E-state index contributed by atoms with van der Waals surface area (Å²) in [6, 6.07) is 9.46. The number of anilines is 1. The highest BCUT2D eigenvalue weighted by Gasteiger charge is 2.11. The van der Waals surface area contributed by atoms with E-state index in [1.54, 1.807) is 18.2 Å². The molecule has 0 spiro atoms. The standard InChI is InChI=1S/C15H13Cl2F2N/c1-9(6-10-4-2-3-5-14(10)18)20-11-7-12(16)15(19)13(17)8-11/h2-5,7-9,20H,6H2,1H3. The van der Waals surface area contributed by atoms with Crippen LogP contribution in [-0.4, -0.2) is 6.04 Å². The van der Waals surface area contributed by atoms with Crippen molar-refractivity contribution >= 4 is 28.9 Å². The van der Waals surface area contributed by atoms with Crippen LogP contribution in [0.2, 0.25) is 10.0 Å². The molecule has 1 N–H and O–H groups in total. The van der Waals surface area contributed by atoms with Crippen LogP contribution in [0.1, 0.15) is 12.5 Å². The zero-order chi connectivity index (χ0) is 14.7. The number of halogens is 4. The van der Waals surface area contributed by atoms with E-state index in [0.717, 1.165) is 0 Å². The molecule has 1 unspecified atom stereocenters. The largest absolute Gasteiger partial charge is 0.382 e. The van der Waals surface area contributed by atoms with Crippen molar-refractivity contribution in [1.29, 1.82) is 0 Å². The third-order valence-electron chi connectivity index (χ3n) is 2.88. The van der Waals surface area contributed by atoms with Crippen LogP contribution in [0.4, 0.5) is 14.5 Å². The fraction of sp³-hybridized carbons (Fsp3) is 0.200. The maximum Gasteiger partial charge on any atom is 0.160 e. The van der Waals surface area contributed by atoms with Crippen molar-refractivity contribution in [1.82, 2.24) is 0 Å². The van der Waals surface area contributed by atoms with Gasteiger partial charge in [0.25, 0.3) is 0 Å². The zero-order valence-electron chi connectivity index (χ0n) is 10.8. The van der Waals surface area contributed by atoms with Gasteiger partial charge < -0.3 is 5.32 Å². The Morgan fingerprint density at radius 1 is 1.10 bits per heavy atom. The van der Waals surface area contributed by atoms with Gasteiger partial charge in [0.2, 0.25) is 0 Å². The smallest absolute Gasteiger partial charge is 0.160 e. The third-order valence-corrected chi connectivity index (χ3v) is 3.43. The van der Waals surface area contributed by atoms with Crippen LogP contribution >= 0.6 is 23.2 Å². The van der Waals surface area contributed by atoms with Crippen molar-refractivity contribution in [3.05, 3.63) is 63.6 Å². The highest BCUT2D eigenvalue weighted by atomic mass is 35.5. The summed E-state index contributed by atoms with van der Waals surface area (Å²) in [6.45, 7) is 1.90. The summed E-state index contributed by atoms with van der Waals surface area (Å²) < 4.78 is 26.9. The van der Waals surface area contributed by atoms with Crippen molar-refractivity contribution in [2.24, 2.45) is 0 Å². The molecule has 0 bridgehead atoms. The SMILES string of the molecule is CC(Cc1ccccc1F)Nc1cc(Cl)c(F)c(Cl)c1. The minimum absolute atomic E-state index is 0.0434. The first kappa shape index (κ1) is 15.1. The Kier molecular flexibility index (Phi) is 4.84. The monoisotopic (exact) mass is 315 g/mol. The topological polar surface area (TPSA) is 12.0 Å². The Morgan fingerprint density at radius 2 is 1.70 bits per heavy atom. The van der Waals surface area contributed by atoms with Crippen LogP contribution in [0.15, 0.2) is 36.4 Å². The number of nitrogens with one attached hydrogen (secondary N) is 1. The molecule has 0 aliphatic carbocycles. The average Bonchev–Trinajstić information content (AvgIpc) is 2.38. The van der Waals surface area contributed by atoms with Crippen LogP contribution in [0.3, 0.4) is 0 Å². The highest BCUT2D eigenvalue weighted by molar-refractivity contribution is 6.35. The molecule has 0 amide bonds. The molecule has 0 aromatic heterocycles. The fourth-order valence-corrected chi connectivity index (χ4v) is 2.46. The summed E-state index contributed by atoms with van der Waals surface area (Å²) in [5, 5.41) is 3.04. The van der Waals surface area contributed by atoms with Gasteiger partial charge in [-0.05, 0) is 37.1 Å². The van der Waals surface area contributed by atoms with E-state index in [4.69, 9.17) is 23.2 Å². The van der Waals surface area contributed by atoms with Crippen molar-refractivity contribution in [2.75, 3.05) is 5.32 Å². The maximum atomic E-state index is 13.6. The minimum Gasteiger partial charge on any atom is -0.382 e. The molecule has 1 nitrogen and oxygen atoms in total. The highest BCUT2D eigenvalue weighted by Crippen LogP contribution is 2.27. The summed E-state index contributed by atoms with van der Waals surface area (Å²) >= 11 is 11.5. The van der Waals surface area contributed by atoms with Gasteiger partial charge in [-0.2, -0.15) is 0 Å². The van der Waals surface area contributed by atoms with Crippen LogP contribution in [0, 0.1) is 11.6 Å². The second-order valence-electron chi connectivity index (χ2n) is 4.59. The van der Waals surface area contributed by atoms with E-state index in [0.29, 0.717) is 17.7 Å². The summed E-state index contributed by atoms with van der Waals surface area (Å²) in [7, 11) is 0. The maximum absolute atomic E-state index is 13.6. The zero-order valence-corrected chi connectivity index (χ0v) is 12.3. The average molecular weight is 316 g/mol. The molecule has 0 saturated carbocycles. The van der Waals surface area contributed by atoms with E-state index in [9.17, 15) is 8.78 Å². The number of benzene rings is 2. The van der Waals surface area contributed by atoms with Gasteiger partial charge in [-0.3, -0.25) is 0 Å². The van der Waals surface area contributed by atoms with Gasteiger partial charge in [0.05, 0.1) is 10.0 Å². The number of hydrogen-bond donors (Lipinski definition) is 1. The molecule has 5 heteroatoms. The van der Waals surface area contributed by atoms with E-state index in [-0.39, 0.29) is 21.9 Å². The quantitative estimate of drug-likeness (QED) is 0.753. The molecule has 1 atom stereocenters. The van der Waals surface area contributed by atoms with Gasteiger partial charge in [-0.1, -0.05) is 41.4 Å². The molecular formula is C15H13Cl2F2N. The molecule has 0 fully saturated rings. The third kappa shape index (κ3) is 3.62. The fourth-order valence-electron chi connectivity index (χ4n) is 1.97. The lowest BCUT2D eigenvalue weighted by molar-refractivity contribution is 0.601. The Bertz CT molecular complexity index is 594. The second-order valence-corrected chi connectivity index (χ2v) is 5.41. The molecule has 2 aromatic rings. The van der Waals surface area contributed by atoms with Gasteiger partial charge in [-0.15, -0.1) is 0 Å². The van der Waals surface area contributed by atoms with Crippen molar-refractivity contribution < 1.29 is 8.78 Å². The summed E-state index contributed by atoms with van der Waals surface area (Å²) in [4.78, 5) is 0. The predicted octanol–water partition coefficient (Wildman–Crippen LogP) is 5.31. The van der Waals surface area contributed by atoms with E-state index in [2.05, 4.69) is 5.32 Å². The van der Waals surface area contributed by atoms with Crippen molar-refractivity contribution in [2.45, 2.75) is 19.4 Å². The van der Waals surface area contributed by atoms with Gasteiger partial charge in [0.1, 0.15) is 5.82 Å². The van der Waals surface area contributed by atoms with E-state index in [1.807, 2.05) is 6.92 Å². The minimum atomic E-state index is -0.638. The second kappa shape index (κ2) is 6.42. The molecule has 2 aromatic carbocycles. The normalized spacial score (nSPS) is 12.2. The summed E-state index contributed by atoms with van der Waals surface area (Å²) in [6.07, 6.45) is 0.499. The molecule has 20 heavy (non-hydrogen) atoms. The molecule has 0 saturated heterocycles. The Hall–Kier alpha value is -1.32. The van der Waals surface area contributed by atoms with Crippen molar-refractivity contribution in [3.8, 4) is 0 Å². The molecule has 106 valence electrons. The van der Waals surface area contributed by atoms with Crippen LogP contribution < -0.4 is 5.32 Å². The molecule has 0 aliphatic heterocycles. The van der Waals surface area contributed by atoms with E-state index in [1.165, 1.54) is 18.2 Å².